The second-order valence-corrected chi connectivity index (χ2v) is 10.0. The number of pyridine rings is 1. The summed E-state index contributed by atoms with van der Waals surface area (Å²) in [5.74, 6) is -1.97. The van der Waals surface area contributed by atoms with Gasteiger partial charge in [0, 0.05) is 37.8 Å². The molecule has 2 heterocycles. The third-order valence-corrected chi connectivity index (χ3v) is 7.22. The Balaban J connectivity index is 1.40. The van der Waals surface area contributed by atoms with Crippen molar-refractivity contribution in [2.75, 3.05) is 14.2 Å². The number of nitriles is 1. The minimum atomic E-state index is -1.12. The van der Waals surface area contributed by atoms with Gasteiger partial charge in [0.25, 0.3) is 5.91 Å². The summed E-state index contributed by atoms with van der Waals surface area (Å²) in [5.41, 5.74) is 2.68. The highest BCUT2D eigenvalue weighted by atomic mass is 19.1. The molecule has 1 atom stereocenters. The summed E-state index contributed by atoms with van der Waals surface area (Å²) < 4.78 is 42.5. The number of aromatic nitrogens is 3. The van der Waals surface area contributed by atoms with Crippen LogP contribution in [0.2, 0.25) is 0 Å². The topological polar surface area (TPSA) is 139 Å². The number of carbonyl (C=O) groups is 2. The molecule has 0 unspecified atom stereocenters. The largest absolute Gasteiger partial charge is 0.478 e. The lowest BCUT2D eigenvalue weighted by molar-refractivity contribution is -0.131. The molecule has 1 amide bonds. The molecule has 0 radical (unpaired) electrons. The summed E-state index contributed by atoms with van der Waals surface area (Å²) >= 11 is 0. The number of ether oxygens (including phenoxy) is 2. The summed E-state index contributed by atoms with van der Waals surface area (Å²) in [5, 5.41) is 21.0. The number of carbonyl (C=O) groups excluding carboxylic acids is 1. The minimum Gasteiger partial charge on any atom is -0.478 e. The molecule has 0 spiro atoms. The fraction of sp³-hybridized carbons (Fsp3) is 0.182. The molecule has 0 fully saturated rings. The van der Waals surface area contributed by atoms with Crippen molar-refractivity contribution >= 4 is 22.9 Å². The highest BCUT2D eigenvalue weighted by molar-refractivity contribution is 5.92. The van der Waals surface area contributed by atoms with Crippen LogP contribution in [0.4, 0.5) is 8.78 Å². The van der Waals surface area contributed by atoms with Gasteiger partial charge >= 0.3 is 5.97 Å². The first-order valence-electron chi connectivity index (χ1n) is 13.7. The average Bonchev–Trinajstić information content (AvgIpc) is 3.39. The maximum atomic E-state index is 15.5. The van der Waals surface area contributed by atoms with Crippen molar-refractivity contribution in [3.8, 4) is 23.2 Å². The van der Waals surface area contributed by atoms with E-state index in [1.54, 1.807) is 41.0 Å². The lowest BCUT2D eigenvalue weighted by atomic mass is 10.1. The predicted molar refractivity (Wildman–Crippen MR) is 159 cm³/mol. The molecule has 3 aromatic carbocycles. The molecule has 5 rings (SSSR count). The zero-order valence-electron chi connectivity index (χ0n) is 24.3. The molecule has 0 bridgehead atoms. The van der Waals surface area contributed by atoms with Gasteiger partial charge < -0.3 is 24.5 Å². The van der Waals surface area contributed by atoms with Gasteiger partial charge in [-0.1, -0.05) is 24.3 Å². The molecule has 0 aliphatic carbocycles. The predicted octanol–water partition coefficient (Wildman–Crippen LogP) is 4.88. The number of aromatic carboxylic acids is 1. The Morgan fingerprint density at radius 1 is 1.02 bits per heavy atom. The number of fused-ring (bicyclic) bond motifs is 1. The second-order valence-electron chi connectivity index (χ2n) is 10.0. The number of hydrogen-bond donors (Lipinski definition) is 2. The molecule has 0 saturated heterocycles. The molecule has 0 saturated carbocycles. The van der Waals surface area contributed by atoms with E-state index in [2.05, 4.69) is 15.3 Å². The van der Waals surface area contributed by atoms with E-state index < -0.39 is 23.7 Å². The van der Waals surface area contributed by atoms with Gasteiger partial charge in [0.1, 0.15) is 24.1 Å². The number of amides is 1. The Hall–Kier alpha value is -5.67. The van der Waals surface area contributed by atoms with Crippen LogP contribution >= 0.6 is 0 Å². The van der Waals surface area contributed by atoms with Crippen LogP contribution in [0.1, 0.15) is 32.9 Å². The Morgan fingerprint density at radius 3 is 2.49 bits per heavy atom. The summed E-state index contributed by atoms with van der Waals surface area (Å²) in [6.45, 7) is -0.0893. The number of nitrogens with one attached hydrogen (secondary N) is 1. The normalized spacial score (nSPS) is 11.6. The summed E-state index contributed by atoms with van der Waals surface area (Å²) in [4.78, 5) is 33.1. The first kappa shape index (κ1) is 30.8. The van der Waals surface area contributed by atoms with Crippen LogP contribution in [0, 0.1) is 23.0 Å². The van der Waals surface area contributed by atoms with Crippen molar-refractivity contribution in [1.29, 1.82) is 5.26 Å². The molecule has 12 heteroatoms. The molecule has 0 aliphatic heterocycles. The number of nitrogens with zero attached hydrogens (tertiary/aromatic N) is 4. The number of likely N-dealkylation sites (N-methyl/N-ethyl adjacent to an activating group) is 1. The van der Waals surface area contributed by atoms with Crippen LogP contribution in [0.15, 0.2) is 72.8 Å². The van der Waals surface area contributed by atoms with Crippen LogP contribution in [-0.4, -0.2) is 51.8 Å². The van der Waals surface area contributed by atoms with Gasteiger partial charge in [-0.15, -0.1) is 0 Å². The van der Waals surface area contributed by atoms with Crippen molar-refractivity contribution in [2.24, 2.45) is 0 Å². The number of halogens is 2. The fourth-order valence-corrected chi connectivity index (χ4v) is 4.80. The van der Waals surface area contributed by atoms with E-state index in [-0.39, 0.29) is 48.0 Å². The number of carboxylic acids is 1. The minimum absolute atomic E-state index is 0.0217. The van der Waals surface area contributed by atoms with Gasteiger partial charge in [0.15, 0.2) is 6.10 Å². The first-order valence-corrected chi connectivity index (χ1v) is 13.7. The fourth-order valence-electron chi connectivity index (χ4n) is 4.80. The number of benzene rings is 3. The number of methoxy groups -OCH3 is 1. The van der Waals surface area contributed by atoms with E-state index in [0.29, 0.717) is 33.7 Å². The Kier molecular flexibility index (Phi) is 9.11. The number of carboxylic acid groups (broad SMARTS) is 1. The van der Waals surface area contributed by atoms with Gasteiger partial charge in [-0.25, -0.2) is 23.5 Å². The standard InChI is InChI=1S/C33H27F2N5O5/c1-37-32(41)29(44-2)17-40-28-14-22(33(42)43)10-11-27(28)38-30(40)15-20-8-9-21(13-25(20)35)26-4-3-5-31(39-26)45-18-23-7-6-19(16-36)12-24(23)34/h3-14,29H,15,17-18H2,1-2H3,(H,37,41)(H,42,43)/t29-/m1/s1. The van der Waals surface area contributed by atoms with Gasteiger partial charge in [0.05, 0.1) is 40.5 Å². The zero-order valence-corrected chi connectivity index (χ0v) is 24.3. The summed E-state index contributed by atoms with van der Waals surface area (Å²) in [6, 6.07) is 20.0. The molecule has 45 heavy (non-hydrogen) atoms. The molecule has 10 nitrogen and oxygen atoms in total. The molecule has 5 aromatic rings. The zero-order chi connectivity index (χ0) is 32.1. The SMILES string of the molecule is CNC(=O)[C@@H](Cn1c(Cc2ccc(-c3cccc(OCc4ccc(C#N)cc4F)n3)cc2F)nc2ccc(C(=O)O)cc21)OC. The summed E-state index contributed by atoms with van der Waals surface area (Å²) in [7, 11) is 2.87. The van der Waals surface area contributed by atoms with Crippen molar-refractivity contribution < 1.29 is 33.0 Å². The highest BCUT2D eigenvalue weighted by Crippen LogP contribution is 2.26. The van der Waals surface area contributed by atoms with Crippen molar-refractivity contribution in [2.45, 2.75) is 25.7 Å². The number of imidazole rings is 1. The van der Waals surface area contributed by atoms with Crippen LogP contribution in [-0.2, 0) is 29.1 Å². The lowest BCUT2D eigenvalue weighted by Gasteiger charge is -2.17. The molecule has 2 aromatic heterocycles. The Labute approximate surface area is 256 Å². The monoisotopic (exact) mass is 611 g/mol. The third kappa shape index (κ3) is 6.79. The molecule has 2 N–H and O–H groups in total. The first-order chi connectivity index (χ1) is 21.7. The van der Waals surface area contributed by atoms with E-state index >= 15 is 4.39 Å². The van der Waals surface area contributed by atoms with Crippen LogP contribution in [0.25, 0.3) is 22.3 Å². The summed E-state index contributed by atoms with van der Waals surface area (Å²) in [6.07, 6.45) is -0.860. The third-order valence-electron chi connectivity index (χ3n) is 7.22. The maximum Gasteiger partial charge on any atom is 0.335 e. The van der Waals surface area contributed by atoms with E-state index in [9.17, 15) is 19.1 Å². The van der Waals surface area contributed by atoms with Gasteiger partial charge in [-0.05, 0) is 48.0 Å². The Morgan fingerprint density at radius 2 is 1.80 bits per heavy atom. The van der Waals surface area contributed by atoms with Crippen molar-refractivity contribution in [3.63, 3.8) is 0 Å². The van der Waals surface area contributed by atoms with E-state index in [1.165, 1.54) is 44.5 Å². The molecule has 0 aliphatic rings. The second kappa shape index (κ2) is 13.3. The van der Waals surface area contributed by atoms with Crippen LogP contribution in [0.3, 0.4) is 0 Å². The van der Waals surface area contributed by atoms with Crippen LogP contribution in [0.5, 0.6) is 5.88 Å². The molecule has 228 valence electrons. The van der Waals surface area contributed by atoms with E-state index in [4.69, 9.17) is 14.7 Å². The average molecular weight is 612 g/mol. The van der Waals surface area contributed by atoms with Gasteiger partial charge in [-0.2, -0.15) is 5.26 Å². The van der Waals surface area contributed by atoms with Crippen molar-refractivity contribution in [3.05, 3.63) is 113 Å². The van der Waals surface area contributed by atoms with Crippen molar-refractivity contribution in [1.82, 2.24) is 19.9 Å². The smallest absolute Gasteiger partial charge is 0.335 e. The maximum absolute atomic E-state index is 15.5. The Bertz CT molecular complexity index is 1950. The van der Waals surface area contributed by atoms with E-state index in [0.717, 1.165) is 6.07 Å². The van der Waals surface area contributed by atoms with Gasteiger partial charge in [-0.3, -0.25) is 4.79 Å². The van der Waals surface area contributed by atoms with E-state index in [1.807, 2.05) is 6.07 Å². The molecular weight excluding hydrogens is 584 g/mol. The van der Waals surface area contributed by atoms with Gasteiger partial charge in [0.2, 0.25) is 5.88 Å². The lowest BCUT2D eigenvalue weighted by Crippen LogP contribution is -2.36. The molecular formula is C33H27F2N5O5. The number of hydrogen-bond acceptors (Lipinski definition) is 7. The highest BCUT2D eigenvalue weighted by Gasteiger charge is 2.22. The quantitative estimate of drug-likeness (QED) is 0.216. The van der Waals surface area contributed by atoms with Crippen LogP contribution < -0.4 is 10.1 Å². The number of rotatable bonds is 11.